The fourth-order valence-corrected chi connectivity index (χ4v) is 3.10. The summed E-state index contributed by atoms with van der Waals surface area (Å²) in [7, 11) is 3.67. The van der Waals surface area contributed by atoms with Crippen LogP contribution in [0.4, 0.5) is 11.5 Å². The number of aryl methyl sites for hydroxylation is 1. The molecule has 0 aliphatic rings. The van der Waals surface area contributed by atoms with E-state index >= 15 is 0 Å². The quantitative estimate of drug-likeness (QED) is 0.488. The summed E-state index contributed by atoms with van der Waals surface area (Å²) in [5.41, 5.74) is 9.19. The molecule has 0 saturated heterocycles. The highest BCUT2D eigenvalue weighted by Gasteiger charge is 2.10. The van der Waals surface area contributed by atoms with Crippen LogP contribution in [-0.2, 0) is 11.8 Å². The number of carbonyl (C=O) groups excluding carboxylic acids is 2. The largest absolute Gasteiger partial charge is 0.383 e. The number of aldehydes is 1. The van der Waals surface area contributed by atoms with Crippen LogP contribution >= 0.6 is 8.19 Å². The second-order valence-corrected chi connectivity index (χ2v) is 6.88. The van der Waals surface area contributed by atoms with Crippen molar-refractivity contribution in [3.05, 3.63) is 66.1 Å². The Labute approximate surface area is 165 Å². The lowest BCUT2D eigenvalue weighted by molar-refractivity contribution is 0.102. The number of nitrogens with two attached hydrogens (primary N) is 1. The molecule has 7 nitrogen and oxygen atoms in total. The van der Waals surface area contributed by atoms with E-state index in [9.17, 15) is 9.59 Å². The molecule has 146 valence electrons. The zero-order valence-corrected chi connectivity index (χ0v) is 16.8. The molecule has 0 bridgehead atoms. The van der Waals surface area contributed by atoms with Crippen LogP contribution in [0.2, 0.25) is 0 Å². The topological polar surface area (TPSA) is 99.2 Å². The van der Waals surface area contributed by atoms with Crippen molar-refractivity contribution in [1.82, 2.24) is 9.55 Å². The molecule has 1 aromatic carbocycles. The summed E-state index contributed by atoms with van der Waals surface area (Å²) in [4.78, 5) is 26.9. The molecule has 0 aliphatic carbocycles. The molecule has 0 aliphatic heterocycles. The first kappa shape index (κ1) is 21.2. The number of nitrogen functional groups attached to an aromatic ring is 1. The van der Waals surface area contributed by atoms with Crippen molar-refractivity contribution in [1.29, 1.82) is 0 Å². The molecule has 1 unspecified atom stereocenters. The van der Waals surface area contributed by atoms with Crippen molar-refractivity contribution in [2.45, 2.75) is 0 Å². The lowest BCUT2D eigenvalue weighted by Crippen LogP contribution is -2.11. The van der Waals surface area contributed by atoms with Crippen LogP contribution in [0.1, 0.15) is 20.7 Å². The maximum absolute atomic E-state index is 12.0. The Morgan fingerprint density at radius 1 is 1.36 bits per heavy atom. The van der Waals surface area contributed by atoms with Gasteiger partial charge in [-0.05, 0) is 29.6 Å². The molecule has 1 amide bonds. The second-order valence-electron chi connectivity index (χ2n) is 5.83. The molecule has 0 radical (unpaired) electrons. The van der Waals surface area contributed by atoms with Crippen LogP contribution in [0.3, 0.4) is 0 Å². The minimum Gasteiger partial charge on any atom is -0.383 e. The third-order valence-corrected chi connectivity index (χ3v) is 4.79. The van der Waals surface area contributed by atoms with Gasteiger partial charge in [0.15, 0.2) is 6.29 Å². The van der Waals surface area contributed by atoms with Crippen LogP contribution in [0.25, 0.3) is 11.1 Å². The number of hydrogen-bond acceptors (Lipinski definition) is 5. The third-order valence-electron chi connectivity index (χ3n) is 3.74. The molecular formula is C20H23N4O3P. The summed E-state index contributed by atoms with van der Waals surface area (Å²) >= 11 is 0. The molecule has 2 aromatic heterocycles. The minimum absolute atomic E-state index is 0.204. The van der Waals surface area contributed by atoms with Gasteiger partial charge in [0.1, 0.15) is 11.2 Å². The number of methoxy groups -OCH3 is 1. The number of amides is 1. The number of aromatic nitrogens is 2. The van der Waals surface area contributed by atoms with Crippen LogP contribution in [0.15, 0.2) is 55.0 Å². The number of rotatable bonds is 6. The van der Waals surface area contributed by atoms with E-state index < -0.39 is 0 Å². The van der Waals surface area contributed by atoms with Crippen molar-refractivity contribution >= 4 is 31.9 Å². The van der Waals surface area contributed by atoms with E-state index in [0.717, 1.165) is 17.4 Å². The van der Waals surface area contributed by atoms with Gasteiger partial charge in [-0.15, -0.1) is 14.8 Å². The number of nitrogens with zero attached hydrogens (tertiary/aromatic N) is 2. The molecule has 3 rings (SSSR count). The first-order valence-corrected chi connectivity index (χ1v) is 9.50. The number of nitrogens with one attached hydrogen (secondary N) is 1. The first-order valence-electron chi connectivity index (χ1n) is 8.42. The van der Waals surface area contributed by atoms with Gasteiger partial charge in [0.2, 0.25) is 0 Å². The molecule has 0 saturated carbocycles. The van der Waals surface area contributed by atoms with E-state index in [1.165, 1.54) is 0 Å². The van der Waals surface area contributed by atoms with E-state index in [4.69, 9.17) is 5.73 Å². The lowest BCUT2D eigenvalue weighted by atomic mass is 10.1. The zero-order chi connectivity index (χ0) is 20.5. The van der Waals surface area contributed by atoms with Gasteiger partial charge in [-0.3, -0.25) is 9.59 Å². The standard InChI is InChI=1S/C16H15N4O2P.C4H8O/c1-20-7-11(6-13(20)8-21)10-2-4-12(5-3-10)18-15(22)16-19-14(17)9-23-16;1-3-4-5-2/h2-9,23H,17H2,1H3,(H,18,22);3H,1,4H2,2H3. The monoisotopic (exact) mass is 398 g/mol. The van der Waals surface area contributed by atoms with Crippen molar-refractivity contribution < 1.29 is 14.3 Å². The van der Waals surface area contributed by atoms with Gasteiger partial charge in [-0.1, -0.05) is 18.2 Å². The van der Waals surface area contributed by atoms with Gasteiger partial charge in [-0.2, -0.15) is 0 Å². The molecule has 1 atom stereocenters. The highest BCUT2D eigenvalue weighted by atomic mass is 31.0. The van der Waals surface area contributed by atoms with E-state index in [-0.39, 0.29) is 14.1 Å². The number of carbonyl (C=O) groups is 2. The predicted molar refractivity (Wildman–Crippen MR) is 114 cm³/mol. The Balaban J connectivity index is 0.000000500. The van der Waals surface area contributed by atoms with Gasteiger partial charge in [0.25, 0.3) is 5.91 Å². The maximum atomic E-state index is 12.0. The van der Waals surface area contributed by atoms with Gasteiger partial charge in [0, 0.05) is 31.6 Å². The molecule has 28 heavy (non-hydrogen) atoms. The first-order chi connectivity index (χ1) is 13.5. The molecule has 3 N–H and O–H groups in total. The normalized spacial score (nSPS) is 10.2. The van der Waals surface area contributed by atoms with Crippen LogP contribution in [-0.4, -0.2) is 35.5 Å². The fraction of sp³-hybridized carbons (Fsp3) is 0.150. The van der Waals surface area contributed by atoms with Crippen molar-refractivity contribution in [3.63, 3.8) is 0 Å². The Morgan fingerprint density at radius 2 is 2.07 bits per heavy atom. The number of anilines is 2. The summed E-state index contributed by atoms with van der Waals surface area (Å²) < 4.78 is 6.35. The summed E-state index contributed by atoms with van der Waals surface area (Å²) in [6.45, 7) is 4.08. The van der Waals surface area contributed by atoms with Crippen LogP contribution in [0, 0.1) is 0 Å². The predicted octanol–water partition coefficient (Wildman–Crippen LogP) is 3.58. The van der Waals surface area contributed by atoms with Gasteiger partial charge in [-0.25, -0.2) is 4.98 Å². The Morgan fingerprint density at radius 3 is 2.54 bits per heavy atom. The van der Waals surface area contributed by atoms with Gasteiger partial charge < -0.3 is 20.4 Å². The zero-order valence-electron chi connectivity index (χ0n) is 15.8. The number of hydrogen-bond donors (Lipinski definition) is 2. The average molecular weight is 398 g/mol. The van der Waals surface area contributed by atoms with E-state index in [0.29, 0.717) is 29.2 Å². The molecule has 2 heterocycles. The molecule has 3 aromatic rings. The number of benzene rings is 1. The summed E-state index contributed by atoms with van der Waals surface area (Å²) in [6, 6.07) is 9.24. The van der Waals surface area contributed by atoms with Crippen molar-refractivity contribution in [3.8, 4) is 11.1 Å². The molecular weight excluding hydrogens is 375 g/mol. The van der Waals surface area contributed by atoms with E-state index in [1.54, 1.807) is 23.6 Å². The van der Waals surface area contributed by atoms with E-state index in [2.05, 4.69) is 21.6 Å². The third kappa shape index (κ3) is 5.67. The Kier molecular flexibility index (Phi) is 7.75. The van der Waals surface area contributed by atoms with Crippen LogP contribution in [0.5, 0.6) is 0 Å². The fourth-order valence-electron chi connectivity index (χ4n) is 2.36. The SMILES string of the molecule is C=CCOC.Cn1cc(-c2ccc(NC(=O)c3nc(N)c[pH]3)cc2)cc1C=O. The van der Waals surface area contributed by atoms with Gasteiger partial charge >= 0.3 is 0 Å². The number of ether oxygens (including phenoxy) is 1. The summed E-state index contributed by atoms with van der Waals surface area (Å²) in [6.07, 6.45) is 4.42. The summed E-state index contributed by atoms with van der Waals surface area (Å²) in [5.74, 6) is 1.88. The minimum atomic E-state index is -0.240. The molecule has 0 fully saturated rings. The van der Waals surface area contributed by atoms with Gasteiger partial charge in [0.05, 0.1) is 12.3 Å². The maximum Gasteiger partial charge on any atom is 0.278 e. The highest BCUT2D eigenvalue weighted by molar-refractivity contribution is 7.31. The van der Waals surface area contributed by atoms with Crippen LogP contribution < -0.4 is 11.1 Å². The average Bonchev–Trinajstić information content (AvgIpc) is 3.29. The second kappa shape index (κ2) is 10.3. The van der Waals surface area contributed by atoms with Crippen molar-refractivity contribution in [2.24, 2.45) is 7.05 Å². The molecule has 0 spiro atoms. The highest BCUT2D eigenvalue weighted by Crippen LogP contribution is 2.24. The van der Waals surface area contributed by atoms with E-state index in [1.807, 2.05) is 43.6 Å². The smallest absolute Gasteiger partial charge is 0.278 e. The Bertz CT molecular complexity index is 945. The lowest BCUT2D eigenvalue weighted by Gasteiger charge is -2.04. The summed E-state index contributed by atoms with van der Waals surface area (Å²) in [5, 5.41) is 2.80. The molecule has 8 heteroatoms. The van der Waals surface area contributed by atoms with Crippen molar-refractivity contribution in [2.75, 3.05) is 24.8 Å². The Hall–Kier alpha value is -3.15.